The molecule has 5 nitrogen and oxygen atoms in total. The summed E-state index contributed by atoms with van der Waals surface area (Å²) in [5, 5.41) is 14.9. The van der Waals surface area contributed by atoms with Crippen LogP contribution in [-0.2, 0) is 10.5 Å². The van der Waals surface area contributed by atoms with E-state index in [1.54, 1.807) is 18.0 Å². The van der Waals surface area contributed by atoms with Gasteiger partial charge in [0, 0.05) is 5.75 Å². The molecule has 8 heteroatoms. The van der Waals surface area contributed by atoms with Gasteiger partial charge in [0.05, 0.1) is 12.0 Å². The van der Waals surface area contributed by atoms with Gasteiger partial charge < -0.3 is 0 Å². The van der Waals surface area contributed by atoms with Crippen LogP contribution >= 0.6 is 34.9 Å². The number of thioether (sulfide) groups is 2. The summed E-state index contributed by atoms with van der Waals surface area (Å²) in [7, 11) is 0. The maximum atomic E-state index is 12.0. The van der Waals surface area contributed by atoms with Crippen molar-refractivity contribution in [2.75, 3.05) is 5.75 Å². The second-order valence-corrected chi connectivity index (χ2v) is 9.68. The van der Waals surface area contributed by atoms with Gasteiger partial charge in [0.2, 0.25) is 0 Å². The predicted molar refractivity (Wildman–Crippen MR) is 126 cm³/mol. The molecule has 0 bridgehead atoms. The van der Waals surface area contributed by atoms with Crippen molar-refractivity contribution < 1.29 is 4.79 Å². The molecule has 1 heterocycles. The molecule has 0 spiro atoms. The van der Waals surface area contributed by atoms with E-state index in [1.165, 1.54) is 39.4 Å². The number of carbonyl (C=O) groups is 1. The zero-order valence-electron chi connectivity index (χ0n) is 15.9. The lowest BCUT2D eigenvalue weighted by atomic mass is 10.1. The van der Waals surface area contributed by atoms with E-state index in [1.807, 2.05) is 30.3 Å². The van der Waals surface area contributed by atoms with Gasteiger partial charge in [-0.25, -0.2) is 5.43 Å². The summed E-state index contributed by atoms with van der Waals surface area (Å²) in [4.78, 5) is 12.0. The van der Waals surface area contributed by atoms with Crippen LogP contribution in [0.2, 0.25) is 0 Å². The summed E-state index contributed by atoms with van der Waals surface area (Å²) in [5.41, 5.74) is 4.74. The molecule has 0 unspecified atom stereocenters. The number of hydrogen-bond donors (Lipinski definition) is 1. The number of aromatic nitrogens is 2. The standard InChI is InChI=1S/C22H18N4OS3/c27-20(24-23-13-16-7-2-1-3-8-16)15-29-22-26-25-21(30-22)28-14-18-11-6-10-17-9-4-5-12-19(17)18/h1-13H,14-15H2,(H,24,27)/b23-13-. The maximum Gasteiger partial charge on any atom is 0.250 e. The summed E-state index contributed by atoms with van der Waals surface area (Å²) < 4.78 is 1.67. The topological polar surface area (TPSA) is 67.2 Å². The molecule has 3 aromatic carbocycles. The summed E-state index contributed by atoms with van der Waals surface area (Å²) in [6.07, 6.45) is 1.62. The minimum Gasteiger partial charge on any atom is -0.272 e. The monoisotopic (exact) mass is 450 g/mol. The number of amides is 1. The molecule has 0 saturated heterocycles. The Kier molecular flexibility index (Phi) is 7.12. The van der Waals surface area contributed by atoms with Gasteiger partial charge in [0.1, 0.15) is 0 Å². The zero-order chi connectivity index (χ0) is 20.6. The SMILES string of the molecule is O=C(CSc1nnc(SCc2cccc3ccccc23)s1)N/N=C\c1ccccc1. The third-order valence-corrected chi connectivity index (χ3v) is 7.39. The van der Waals surface area contributed by atoms with Crippen LogP contribution < -0.4 is 5.43 Å². The predicted octanol–water partition coefficient (Wildman–Crippen LogP) is 5.23. The highest BCUT2D eigenvalue weighted by Gasteiger charge is 2.09. The van der Waals surface area contributed by atoms with Crippen LogP contribution in [0, 0.1) is 0 Å². The summed E-state index contributed by atoms with van der Waals surface area (Å²) in [6, 6.07) is 24.3. The Morgan fingerprint density at radius 2 is 1.67 bits per heavy atom. The van der Waals surface area contributed by atoms with Gasteiger partial charge >= 0.3 is 0 Å². The molecule has 1 amide bonds. The number of benzene rings is 3. The minimum absolute atomic E-state index is 0.174. The first kappa shape index (κ1) is 20.6. The average Bonchev–Trinajstić information content (AvgIpc) is 3.25. The van der Waals surface area contributed by atoms with Crippen molar-refractivity contribution in [3.63, 3.8) is 0 Å². The van der Waals surface area contributed by atoms with E-state index in [-0.39, 0.29) is 11.7 Å². The Hall–Kier alpha value is -2.68. The molecule has 4 rings (SSSR count). The van der Waals surface area contributed by atoms with Gasteiger partial charge in [-0.3, -0.25) is 4.79 Å². The molecule has 0 atom stereocenters. The molecule has 0 fully saturated rings. The van der Waals surface area contributed by atoms with Gasteiger partial charge in [-0.2, -0.15) is 5.10 Å². The van der Waals surface area contributed by atoms with E-state index < -0.39 is 0 Å². The van der Waals surface area contributed by atoms with E-state index in [0.717, 1.165) is 20.0 Å². The number of hydrazone groups is 1. The van der Waals surface area contributed by atoms with E-state index in [0.29, 0.717) is 0 Å². The first-order valence-corrected chi connectivity index (χ1v) is 12.0. The molecular weight excluding hydrogens is 432 g/mol. The molecule has 4 aromatic rings. The molecule has 1 aromatic heterocycles. The molecule has 150 valence electrons. The highest BCUT2D eigenvalue weighted by molar-refractivity contribution is 8.03. The lowest BCUT2D eigenvalue weighted by Gasteiger charge is -2.04. The van der Waals surface area contributed by atoms with Crippen LogP contribution in [0.25, 0.3) is 10.8 Å². The Morgan fingerprint density at radius 1 is 0.933 bits per heavy atom. The normalized spacial score (nSPS) is 11.2. The van der Waals surface area contributed by atoms with Crippen molar-refractivity contribution in [3.8, 4) is 0 Å². The highest BCUT2D eigenvalue weighted by Crippen LogP contribution is 2.32. The molecule has 0 aliphatic rings. The third-order valence-electron chi connectivity index (χ3n) is 4.15. The van der Waals surface area contributed by atoms with E-state index in [4.69, 9.17) is 0 Å². The quantitative estimate of drug-likeness (QED) is 0.226. The minimum atomic E-state index is -0.174. The lowest BCUT2D eigenvalue weighted by Crippen LogP contribution is -2.19. The maximum absolute atomic E-state index is 12.0. The molecule has 1 N–H and O–H groups in total. The van der Waals surface area contributed by atoms with Crippen molar-refractivity contribution in [3.05, 3.63) is 83.9 Å². The van der Waals surface area contributed by atoms with Gasteiger partial charge in [-0.15, -0.1) is 10.2 Å². The number of nitrogens with zero attached hydrogens (tertiary/aromatic N) is 3. The number of rotatable bonds is 8. The second-order valence-electron chi connectivity index (χ2n) is 6.25. The van der Waals surface area contributed by atoms with Gasteiger partial charge in [0.15, 0.2) is 8.68 Å². The lowest BCUT2D eigenvalue weighted by molar-refractivity contribution is -0.118. The van der Waals surface area contributed by atoms with Gasteiger partial charge in [-0.1, -0.05) is 108 Å². The summed E-state index contributed by atoms with van der Waals surface area (Å²) >= 11 is 4.53. The number of carbonyl (C=O) groups excluding carboxylic acids is 1. The number of fused-ring (bicyclic) bond motifs is 1. The number of nitrogens with one attached hydrogen (secondary N) is 1. The summed E-state index contributed by atoms with van der Waals surface area (Å²) in [6.45, 7) is 0. The van der Waals surface area contributed by atoms with Crippen LogP contribution in [-0.4, -0.2) is 28.1 Å². The first-order valence-electron chi connectivity index (χ1n) is 9.20. The third kappa shape index (κ3) is 5.69. The van der Waals surface area contributed by atoms with Gasteiger partial charge in [0.25, 0.3) is 5.91 Å². The molecule has 30 heavy (non-hydrogen) atoms. The first-order chi connectivity index (χ1) is 14.8. The smallest absolute Gasteiger partial charge is 0.250 e. The van der Waals surface area contributed by atoms with Crippen LogP contribution in [0.15, 0.2) is 86.6 Å². The molecule has 0 aliphatic heterocycles. The molecule has 0 aliphatic carbocycles. The molecular formula is C22H18N4OS3. The van der Waals surface area contributed by atoms with E-state index in [9.17, 15) is 4.79 Å². The van der Waals surface area contributed by atoms with Crippen molar-refractivity contribution in [2.45, 2.75) is 14.4 Å². The second kappa shape index (κ2) is 10.4. The highest BCUT2D eigenvalue weighted by atomic mass is 32.2. The Bertz CT molecular complexity index is 1160. The zero-order valence-corrected chi connectivity index (χ0v) is 18.3. The summed E-state index contributed by atoms with van der Waals surface area (Å²) in [5.74, 6) is 0.900. The molecule has 0 saturated carbocycles. The largest absolute Gasteiger partial charge is 0.272 e. The van der Waals surface area contributed by atoms with Crippen LogP contribution in [0.5, 0.6) is 0 Å². The fourth-order valence-electron chi connectivity index (χ4n) is 2.75. The van der Waals surface area contributed by atoms with Crippen LogP contribution in [0.3, 0.4) is 0 Å². The number of hydrogen-bond acceptors (Lipinski definition) is 7. The Balaban J connectivity index is 1.26. The van der Waals surface area contributed by atoms with Crippen LogP contribution in [0.4, 0.5) is 0 Å². The van der Waals surface area contributed by atoms with Crippen molar-refractivity contribution in [1.82, 2.24) is 15.6 Å². The van der Waals surface area contributed by atoms with Gasteiger partial charge in [-0.05, 0) is 21.9 Å². The Morgan fingerprint density at radius 3 is 2.53 bits per heavy atom. The van der Waals surface area contributed by atoms with Crippen LogP contribution in [0.1, 0.15) is 11.1 Å². The van der Waals surface area contributed by atoms with Crippen molar-refractivity contribution in [1.29, 1.82) is 0 Å². The van der Waals surface area contributed by atoms with Crippen molar-refractivity contribution >= 4 is 57.8 Å². The van der Waals surface area contributed by atoms with Crippen molar-refractivity contribution in [2.24, 2.45) is 5.10 Å². The van der Waals surface area contributed by atoms with E-state index in [2.05, 4.69) is 63.2 Å². The Labute approximate surface area is 187 Å². The fraction of sp³-hybridized carbons (Fsp3) is 0.0909. The van der Waals surface area contributed by atoms with E-state index >= 15 is 0 Å². The fourth-order valence-corrected chi connectivity index (χ4v) is 5.57. The molecule has 0 radical (unpaired) electrons. The average molecular weight is 451 g/mol.